The number of nitrogens with zero attached hydrogens (tertiary/aromatic N) is 2. The molecule has 2 amide bonds. The van der Waals surface area contributed by atoms with E-state index in [1.165, 1.54) is 17.0 Å². The first kappa shape index (κ1) is 34.3. The highest BCUT2D eigenvalue weighted by Crippen LogP contribution is 2.32. The third-order valence-electron chi connectivity index (χ3n) is 7.41. The maximum absolute atomic E-state index is 14.5. The lowest BCUT2D eigenvalue weighted by atomic mass is 10.0. The molecule has 0 bridgehead atoms. The molecule has 4 aromatic carbocycles. The minimum Gasteiger partial charge on any atom is -0.355 e. The third kappa shape index (κ3) is 8.19. The summed E-state index contributed by atoms with van der Waals surface area (Å²) in [4.78, 5) is 29.5. The van der Waals surface area contributed by atoms with Crippen LogP contribution in [-0.2, 0) is 32.6 Å². The van der Waals surface area contributed by atoms with Crippen LogP contribution >= 0.6 is 34.8 Å². The molecule has 0 saturated heterocycles. The predicted octanol–water partition coefficient (Wildman–Crippen LogP) is 7.24. The van der Waals surface area contributed by atoms with Gasteiger partial charge in [0.2, 0.25) is 11.8 Å². The lowest BCUT2D eigenvalue weighted by Crippen LogP contribution is -2.53. The van der Waals surface area contributed by atoms with Crippen molar-refractivity contribution in [3.8, 4) is 0 Å². The molecule has 0 spiro atoms. The number of carbonyl (C=O) groups excluding carboxylic acids is 2. The number of rotatable bonds is 12. The molecular weight excluding hydrogens is 653 g/mol. The van der Waals surface area contributed by atoms with E-state index < -0.39 is 34.4 Å². The zero-order valence-corrected chi connectivity index (χ0v) is 28.2. The Morgan fingerprint density at radius 2 is 1.40 bits per heavy atom. The summed E-state index contributed by atoms with van der Waals surface area (Å²) in [5, 5.41) is 3.79. The fourth-order valence-electron chi connectivity index (χ4n) is 4.92. The van der Waals surface area contributed by atoms with Crippen molar-refractivity contribution in [1.29, 1.82) is 0 Å². The zero-order valence-electron chi connectivity index (χ0n) is 25.1. The average molecular weight is 687 g/mol. The second-order valence-electron chi connectivity index (χ2n) is 10.5. The van der Waals surface area contributed by atoms with Gasteiger partial charge in [0.15, 0.2) is 0 Å². The molecule has 7 nitrogen and oxygen atoms in total. The van der Waals surface area contributed by atoms with E-state index in [1.54, 1.807) is 62.4 Å². The first-order chi connectivity index (χ1) is 21.4. The van der Waals surface area contributed by atoms with Gasteiger partial charge in [-0.2, -0.15) is 0 Å². The number of anilines is 1. The summed E-state index contributed by atoms with van der Waals surface area (Å²) in [6, 6.07) is 24.5. The highest BCUT2D eigenvalue weighted by atomic mass is 35.5. The number of aryl methyl sites for hydroxylation is 1. The van der Waals surface area contributed by atoms with Gasteiger partial charge in [0.05, 0.1) is 10.6 Å². The summed E-state index contributed by atoms with van der Waals surface area (Å²) in [6.07, 6.45) is 0.168. The Hall–Kier alpha value is -3.56. The van der Waals surface area contributed by atoms with Crippen LogP contribution in [0.15, 0.2) is 95.9 Å². The molecule has 0 fully saturated rings. The summed E-state index contributed by atoms with van der Waals surface area (Å²) in [7, 11) is -4.27. The molecule has 45 heavy (non-hydrogen) atoms. The maximum Gasteiger partial charge on any atom is 0.264 e. The number of hydrogen-bond acceptors (Lipinski definition) is 4. The van der Waals surface area contributed by atoms with Gasteiger partial charge < -0.3 is 10.2 Å². The largest absolute Gasteiger partial charge is 0.355 e. The topological polar surface area (TPSA) is 86.8 Å². The van der Waals surface area contributed by atoms with Crippen LogP contribution in [0, 0.1) is 13.8 Å². The molecule has 11 heteroatoms. The lowest BCUT2D eigenvalue weighted by Gasteiger charge is -2.34. The quantitative estimate of drug-likeness (QED) is 0.170. The van der Waals surface area contributed by atoms with Gasteiger partial charge in [0, 0.05) is 40.1 Å². The Balaban J connectivity index is 1.86. The standard InChI is InChI=1S/C34H34Cl3N3O4S/c1-4-38-34(42)32(20-25-10-6-5-7-11-25)39(21-27-29(36)13-8-14-30(27)37)33(41)22-40(31-15-9-12-28(35)24(31)3)45(43,44)26-18-16-23(2)17-19-26/h5-19,32H,4,20-22H2,1-3H3,(H,38,42)/t32-/m0/s1. The molecule has 236 valence electrons. The Labute approximate surface area is 279 Å². The van der Waals surface area contributed by atoms with Gasteiger partial charge in [-0.25, -0.2) is 8.42 Å². The van der Waals surface area contributed by atoms with E-state index in [-0.39, 0.29) is 23.5 Å². The van der Waals surface area contributed by atoms with Crippen molar-refractivity contribution < 1.29 is 18.0 Å². The summed E-state index contributed by atoms with van der Waals surface area (Å²) >= 11 is 19.5. The maximum atomic E-state index is 14.5. The molecule has 0 aliphatic carbocycles. The highest BCUT2D eigenvalue weighted by molar-refractivity contribution is 7.92. The number of sulfonamides is 1. The van der Waals surface area contributed by atoms with E-state index >= 15 is 0 Å². The van der Waals surface area contributed by atoms with E-state index in [0.717, 1.165) is 15.4 Å². The number of likely N-dealkylation sites (N-methyl/N-ethyl adjacent to an activating group) is 1. The minimum absolute atomic E-state index is 0.00513. The average Bonchev–Trinajstić information content (AvgIpc) is 3.01. The molecule has 4 rings (SSSR count). The molecule has 4 aromatic rings. The van der Waals surface area contributed by atoms with Crippen molar-refractivity contribution in [1.82, 2.24) is 10.2 Å². The Morgan fingerprint density at radius 1 is 0.800 bits per heavy atom. The molecule has 0 heterocycles. The second kappa shape index (κ2) is 15.1. The summed E-state index contributed by atoms with van der Waals surface area (Å²) < 4.78 is 29.5. The van der Waals surface area contributed by atoms with Gasteiger partial charge in [-0.05, 0) is 68.3 Å². The van der Waals surface area contributed by atoms with Crippen LogP contribution in [0.1, 0.15) is 29.2 Å². The van der Waals surface area contributed by atoms with Crippen LogP contribution in [-0.4, -0.2) is 44.3 Å². The molecule has 1 N–H and O–H groups in total. The van der Waals surface area contributed by atoms with Gasteiger partial charge in [0.1, 0.15) is 12.6 Å². The van der Waals surface area contributed by atoms with Crippen LogP contribution in [0.25, 0.3) is 0 Å². The van der Waals surface area contributed by atoms with Gasteiger partial charge in [-0.3, -0.25) is 13.9 Å². The van der Waals surface area contributed by atoms with Crippen LogP contribution in [0.5, 0.6) is 0 Å². The fraction of sp³-hybridized carbons (Fsp3) is 0.235. The van der Waals surface area contributed by atoms with E-state index in [0.29, 0.717) is 32.7 Å². The second-order valence-corrected chi connectivity index (χ2v) is 13.6. The van der Waals surface area contributed by atoms with Crippen LogP contribution < -0.4 is 9.62 Å². The fourth-order valence-corrected chi connectivity index (χ4v) is 7.07. The normalized spacial score (nSPS) is 12.0. The molecule has 0 radical (unpaired) electrons. The number of hydrogen-bond donors (Lipinski definition) is 1. The van der Waals surface area contributed by atoms with Gasteiger partial charge in [-0.1, -0.05) is 95.0 Å². The monoisotopic (exact) mass is 685 g/mol. The lowest BCUT2D eigenvalue weighted by molar-refractivity contribution is -0.140. The first-order valence-corrected chi connectivity index (χ1v) is 16.9. The van der Waals surface area contributed by atoms with Crippen molar-refractivity contribution in [2.24, 2.45) is 0 Å². The van der Waals surface area contributed by atoms with Gasteiger partial charge in [-0.15, -0.1) is 0 Å². The van der Waals surface area contributed by atoms with Gasteiger partial charge in [0.25, 0.3) is 10.0 Å². The first-order valence-electron chi connectivity index (χ1n) is 14.3. The van der Waals surface area contributed by atoms with E-state index in [1.807, 2.05) is 37.3 Å². The van der Waals surface area contributed by atoms with E-state index in [2.05, 4.69) is 5.32 Å². The molecule has 1 atom stereocenters. The molecule has 0 aromatic heterocycles. The van der Waals surface area contributed by atoms with Crippen molar-refractivity contribution in [3.05, 3.63) is 128 Å². The Morgan fingerprint density at radius 3 is 2.02 bits per heavy atom. The molecule has 0 unspecified atom stereocenters. The number of nitrogens with one attached hydrogen (secondary N) is 1. The molecule has 0 saturated carbocycles. The van der Waals surface area contributed by atoms with Crippen molar-refractivity contribution in [2.75, 3.05) is 17.4 Å². The van der Waals surface area contributed by atoms with Crippen LogP contribution in [0.3, 0.4) is 0 Å². The summed E-state index contributed by atoms with van der Waals surface area (Å²) in [5.41, 5.74) is 2.84. The summed E-state index contributed by atoms with van der Waals surface area (Å²) in [6.45, 7) is 4.89. The van der Waals surface area contributed by atoms with Crippen LogP contribution in [0.4, 0.5) is 5.69 Å². The molecular formula is C34H34Cl3N3O4S. The predicted molar refractivity (Wildman–Crippen MR) is 182 cm³/mol. The van der Waals surface area contributed by atoms with Crippen LogP contribution in [0.2, 0.25) is 15.1 Å². The van der Waals surface area contributed by atoms with Crippen molar-refractivity contribution in [2.45, 2.75) is 44.7 Å². The number of amides is 2. The molecule has 0 aliphatic rings. The summed E-state index contributed by atoms with van der Waals surface area (Å²) in [5.74, 6) is -1.03. The number of benzene rings is 4. The number of carbonyl (C=O) groups is 2. The smallest absolute Gasteiger partial charge is 0.264 e. The SMILES string of the molecule is CCNC(=O)[C@H](Cc1ccccc1)N(Cc1c(Cl)cccc1Cl)C(=O)CN(c1cccc(Cl)c1C)S(=O)(=O)c1ccc(C)cc1. The number of halogens is 3. The Kier molecular flexibility index (Phi) is 11.6. The minimum atomic E-state index is -4.27. The van der Waals surface area contributed by atoms with Crippen molar-refractivity contribution >= 4 is 62.3 Å². The van der Waals surface area contributed by atoms with Crippen molar-refractivity contribution in [3.63, 3.8) is 0 Å². The van der Waals surface area contributed by atoms with E-state index in [4.69, 9.17) is 34.8 Å². The molecule has 0 aliphatic heterocycles. The van der Waals surface area contributed by atoms with E-state index in [9.17, 15) is 18.0 Å². The van der Waals surface area contributed by atoms with Gasteiger partial charge >= 0.3 is 0 Å². The Bertz CT molecular complexity index is 1750. The third-order valence-corrected chi connectivity index (χ3v) is 10.3. The zero-order chi connectivity index (χ0) is 32.7. The highest BCUT2D eigenvalue weighted by Gasteiger charge is 2.35.